The summed E-state index contributed by atoms with van der Waals surface area (Å²) in [6.45, 7) is 8.68. The fourth-order valence-corrected chi connectivity index (χ4v) is 5.56. The second-order valence-corrected chi connectivity index (χ2v) is 10.5. The van der Waals surface area contributed by atoms with E-state index in [2.05, 4.69) is 48.4 Å². The van der Waals surface area contributed by atoms with Crippen LogP contribution in [0.25, 0.3) is 20.7 Å². The summed E-state index contributed by atoms with van der Waals surface area (Å²) < 4.78 is 0.960. The molecule has 33 heavy (non-hydrogen) atoms. The molecule has 0 aliphatic rings. The highest BCUT2D eigenvalue weighted by Gasteiger charge is 2.17. The Kier molecular flexibility index (Phi) is 6.63. The van der Waals surface area contributed by atoms with Crippen molar-refractivity contribution in [3.05, 3.63) is 75.1 Å². The lowest BCUT2D eigenvalue weighted by Crippen LogP contribution is -2.27. The number of hydrogen-bond donors (Lipinski definition) is 2. The van der Waals surface area contributed by atoms with Gasteiger partial charge in [0, 0.05) is 22.2 Å². The van der Waals surface area contributed by atoms with E-state index in [1.807, 2.05) is 32.0 Å². The summed E-state index contributed by atoms with van der Waals surface area (Å²) in [6, 6.07) is 14.3. The van der Waals surface area contributed by atoms with E-state index < -0.39 is 5.97 Å². The van der Waals surface area contributed by atoms with Gasteiger partial charge in [-0.15, -0.1) is 22.7 Å². The number of fused-ring (bicyclic) bond motifs is 1. The molecule has 2 aromatic carbocycles. The largest absolute Gasteiger partial charge is 0.477 e. The minimum absolute atomic E-state index is 0.0765. The highest BCUT2D eigenvalue weighted by Crippen LogP contribution is 2.33. The van der Waals surface area contributed by atoms with Crippen molar-refractivity contribution in [2.24, 2.45) is 0 Å². The minimum Gasteiger partial charge on any atom is -0.477 e. The molecule has 5 nitrogen and oxygen atoms in total. The van der Waals surface area contributed by atoms with Crippen LogP contribution in [0.2, 0.25) is 0 Å². The molecule has 0 radical (unpaired) electrons. The Morgan fingerprint density at radius 2 is 1.76 bits per heavy atom. The highest BCUT2D eigenvalue weighted by molar-refractivity contribution is 7.21. The minimum atomic E-state index is -0.894. The van der Waals surface area contributed by atoms with Crippen LogP contribution in [0.5, 0.6) is 0 Å². The zero-order valence-corrected chi connectivity index (χ0v) is 20.6. The van der Waals surface area contributed by atoms with Crippen LogP contribution in [0.3, 0.4) is 0 Å². The SMILES string of the molecule is Cc1c(C(=O)O)sc2ccc(C(C)CNC(=O)c3csc(-c4ccc(C(C)C)cc4)n3)cc12. The summed E-state index contributed by atoms with van der Waals surface area (Å²) in [5, 5.41) is 15.9. The number of carbonyl (C=O) groups is 2. The monoisotopic (exact) mass is 478 g/mol. The molecule has 0 spiro atoms. The number of carbonyl (C=O) groups excluding carboxylic acids is 1. The van der Waals surface area contributed by atoms with Crippen LogP contribution in [0.1, 0.15) is 69.5 Å². The average molecular weight is 479 g/mol. The van der Waals surface area contributed by atoms with Crippen LogP contribution in [0.15, 0.2) is 47.8 Å². The summed E-state index contributed by atoms with van der Waals surface area (Å²) in [5.41, 5.74) is 4.56. The molecule has 1 atom stereocenters. The number of nitrogens with one attached hydrogen (secondary N) is 1. The van der Waals surface area contributed by atoms with E-state index in [1.165, 1.54) is 28.2 Å². The first-order valence-corrected chi connectivity index (χ1v) is 12.5. The van der Waals surface area contributed by atoms with Gasteiger partial charge in [-0.3, -0.25) is 4.79 Å². The number of nitrogens with zero attached hydrogens (tertiary/aromatic N) is 1. The van der Waals surface area contributed by atoms with Crippen molar-refractivity contribution < 1.29 is 14.7 Å². The average Bonchev–Trinajstić information content (AvgIpc) is 3.42. The molecule has 1 unspecified atom stereocenters. The van der Waals surface area contributed by atoms with E-state index in [9.17, 15) is 14.7 Å². The van der Waals surface area contributed by atoms with Crippen LogP contribution in [-0.2, 0) is 0 Å². The second-order valence-electron chi connectivity index (χ2n) is 8.54. The Morgan fingerprint density at radius 3 is 2.42 bits per heavy atom. The van der Waals surface area contributed by atoms with Gasteiger partial charge in [-0.2, -0.15) is 0 Å². The normalized spacial score (nSPS) is 12.3. The van der Waals surface area contributed by atoms with E-state index in [4.69, 9.17) is 0 Å². The van der Waals surface area contributed by atoms with Gasteiger partial charge in [-0.05, 0) is 53.0 Å². The summed E-state index contributed by atoms with van der Waals surface area (Å²) in [4.78, 5) is 29.0. The molecular weight excluding hydrogens is 452 g/mol. The third-order valence-corrected chi connectivity index (χ3v) is 8.01. The zero-order chi connectivity index (χ0) is 23.7. The molecule has 170 valence electrons. The number of thiazole rings is 1. The molecule has 0 saturated heterocycles. The predicted molar refractivity (Wildman–Crippen MR) is 136 cm³/mol. The van der Waals surface area contributed by atoms with Crippen LogP contribution in [-0.4, -0.2) is 28.5 Å². The Morgan fingerprint density at radius 1 is 1.06 bits per heavy atom. The van der Waals surface area contributed by atoms with E-state index >= 15 is 0 Å². The van der Waals surface area contributed by atoms with Crippen molar-refractivity contribution in [3.8, 4) is 10.6 Å². The fourth-order valence-electron chi connectivity index (χ4n) is 3.72. The topological polar surface area (TPSA) is 79.3 Å². The summed E-state index contributed by atoms with van der Waals surface area (Å²) in [6.07, 6.45) is 0. The van der Waals surface area contributed by atoms with Gasteiger partial charge in [-0.1, -0.05) is 51.1 Å². The molecule has 0 aliphatic carbocycles. The molecule has 0 aliphatic heterocycles. The van der Waals surface area contributed by atoms with Crippen molar-refractivity contribution in [2.45, 2.75) is 39.5 Å². The third-order valence-electron chi connectivity index (χ3n) is 5.85. The van der Waals surface area contributed by atoms with E-state index in [0.717, 1.165) is 31.8 Å². The molecule has 4 aromatic rings. The Balaban J connectivity index is 1.42. The van der Waals surface area contributed by atoms with Crippen LogP contribution in [0, 0.1) is 6.92 Å². The van der Waals surface area contributed by atoms with Gasteiger partial charge < -0.3 is 10.4 Å². The van der Waals surface area contributed by atoms with E-state index in [1.54, 1.807) is 5.38 Å². The fraction of sp³-hybridized carbons (Fsp3) is 0.269. The maximum Gasteiger partial charge on any atom is 0.346 e. The number of aryl methyl sites for hydroxylation is 1. The van der Waals surface area contributed by atoms with Gasteiger partial charge in [0.15, 0.2) is 0 Å². The first-order valence-electron chi connectivity index (χ1n) is 10.8. The lowest BCUT2D eigenvalue weighted by atomic mass is 9.98. The number of benzene rings is 2. The number of carboxylic acid groups (broad SMARTS) is 1. The number of aromatic nitrogens is 1. The number of amides is 1. The maximum atomic E-state index is 12.7. The van der Waals surface area contributed by atoms with Gasteiger partial charge in [0.25, 0.3) is 5.91 Å². The van der Waals surface area contributed by atoms with E-state index in [0.29, 0.717) is 23.0 Å². The van der Waals surface area contributed by atoms with Crippen molar-refractivity contribution in [3.63, 3.8) is 0 Å². The van der Waals surface area contributed by atoms with Gasteiger partial charge in [0.2, 0.25) is 0 Å². The smallest absolute Gasteiger partial charge is 0.346 e. The van der Waals surface area contributed by atoms with Gasteiger partial charge in [-0.25, -0.2) is 9.78 Å². The molecule has 0 fully saturated rings. The number of thiophene rings is 1. The van der Waals surface area contributed by atoms with Crippen molar-refractivity contribution in [1.82, 2.24) is 10.3 Å². The Bertz CT molecular complexity index is 1320. The number of hydrogen-bond acceptors (Lipinski definition) is 5. The number of aromatic carboxylic acids is 1. The third kappa shape index (κ3) is 4.84. The van der Waals surface area contributed by atoms with Crippen LogP contribution >= 0.6 is 22.7 Å². The first-order chi connectivity index (χ1) is 15.7. The van der Waals surface area contributed by atoms with Crippen LogP contribution < -0.4 is 5.32 Å². The van der Waals surface area contributed by atoms with Crippen molar-refractivity contribution in [1.29, 1.82) is 0 Å². The lowest BCUT2D eigenvalue weighted by molar-refractivity contribution is 0.0701. The van der Waals surface area contributed by atoms with Gasteiger partial charge in [0.05, 0.1) is 0 Å². The van der Waals surface area contributed by atoms with Crippen LogP contribution in [0.4, 0.5) is 0 Å². The maximum absolute atomic E-state index is 12.7. The summed E-state index contributed by atoms with van der Waals surface area (Å²) in [5.74, 6) is -0.534. The molecule has 0 bridgehead atoms. The second kappa shape index (κ2) is 9.45. The number of carboxylic acids is 1. The molecule has 7 heteroatoms. The van der Waals surface area contributed by atoms with E-state index in [-0.39, 0.29) is 11.8 Å². The summed E-state index contributed by atoms with van der Waals surface area (Å²) in [7, 11) is 0. The lowest BCUT2D eigenvalue weighted by Gasteiger charge is -2.13. The quantitative estimate of drug-likeness (QED) is 0.310. The Hall–Kier alpha value is -3.03. The molecule has 1 amide bonds. The zero-order valence-electron chi connectivity index (χ0n) is 19.0. The number of rotatable bonds is 7. The highest BCUT2D eigenvalue weighted by atomic mass is 32.1. The first kappa shape index (κ1) is 23.1. The van der Waals surface area contributed by atoms with Crippen molar-refractivity contribution >= 4 is 44.6 Å². The standard InChI is InChI=1S/C26H26N2O3S2/c1-14(2)17-5-7-18(8-6-17)25-28-21(13-32-25)24(29)27-12-15(3)19-9-10-22-20(11-19)16(4)23(33-22)26(30)31/h5-11,13-15H,12H2,1-4H3,(H,27,29)(H,30,31). The summed E-state index contributed by atoms with van der Waals surface area (Å²) >= 11 is 2.76. The molecular formula is C26H26N2O3S2. The predicted octanol–water partition coefficient (Wildman–Crippen LogP) is 6.69. The molecule has 2 heterocycles. The van der Waals surface area contributed by atoms with Gasteiger partial charge in [0.1, 0.15) is 15.6 Å². The van der Waals surface area contributed by atoms with Gasteiger partial charge >= 0.3 is 5.97 Å². The molecule has 4 rings (SSSR count). The van der Waals surface area contributed by atoms with Crippen molar-refractivity contribution in [2.75, 3.05) is 6.54 Å². The molecule has 0 saturated carbocycles. The molecule has 2 aromatic heterocycles. The molecule has 2 N–H and O–H groups in total. The Labute approximate surface area is 201 Å².